The Balaban J connectivity index is 1.84. The first kappa shape index (κ1) is 15.0. The van der Waals surface area contributed by atoms with E-state index in [2.05, 4.69) is 20.5 Å². The SMILES string of the molecule is NC(=O)[C@@H]1CC=CC[C@H]1NC(=O)c1ccccc1-c1ncn[nH]1. The Morgan fingerprint density at radius 2 is 2.00 bits per heavy atom. The number of benzene rings is 1. The highest BCUT2D eigenvalue weighted by molar-refractivity contribution is 6.00. The van der Waals surface area contributed by atoms with Crippen molar-refractivity contribution in [1.29, 1.82) is 0 Å². The number of amides is 2. The van der Waals surface area contributed by atoms with E-state index in [1.165, 1.54) is 6.33 Å². The first-order chi connectivity index (χ1) is 11.2. The second-order valence-corrected chi connectivity index (χ2v) is 5.41. The Bertz CT molecular complexity index is 739. The third-order valence-corrected chi connectivity index (χ3v) is 3.96. The Hall–Kier alpha value is -2.96. The number of H-pyrrole nitrogens is 1. The van der Waals surface area contributed by atoms with Crippen molar-refractivity contribution in [2.75, 3.05) is 0 Å². The Labute approximate surface area is 133 Å². The van der Waals surface area contributed by atoms with Crippen molar-refractivity contribution in [3.8, 4) is 11.4 Å². The number of carbonyl (C=O) groups is 2. The molecule has 0 fully saturated rings. The van der Waals surface area contributed by atoms with E-state index in [9.17, 15) is 9.59 Å². The summed E-state index contributed by atoms with van der Waals surface area (Å²) in [5, 5.41) is 9.48. The second kappa shape index (κ2) is 6.43. The summed E-state index contributed by atoms with van der Waals surface area (Å²) in [6.45, 7) is 0. The molecule has 2 aromatic rings. The molecule has 0 spiro atoms. The van der Waals surface area contributed by atoms with Gasteiger partial charge in [0, 0.05) is 11.6 Å². The van der Waals surface area contributed by atoms with Crippen LogP contribution in [0.4, 0.5) is 0 Å². The van der Waals surface area contributed by atoms with Crippen LogP contribution in [0, 0.1) is 5.92 Å². The minimum absolute atomic E-state index is 0.261. The molecule has 1 aromatic carbocycles. The molecular formula is C16H17N5O2. The molecule has 0 aliphatic heterocycles. The largest absolute Gasteiger partial charge is 0.369 e. The van der Waals surface area contributed by atoms with Crippen LogP contribution in [-0.4, -0.2) is 33.0 Å². The summed E-state index contributed by atoms with van der Waals surface area (Å²) in [5.74, 6) is -0.529. The maximum absolute atomic E-state index is 12.6. The number of nitrogens with one attached hydrogen (secondary N) is 2. The number of aromatic amines is 1. The Morgan fingerprint density at radius 1 is 1.22 bits per heavy atom. The van der Waals surface area contributed by atoms with E-state index in [0.29, 0.717) is 29.8 Å². The lowest BCUT2D eigenvalue weighted by Gasteiger charge is -2.27. The van der Waals surface area contributed by atoms with Crippen molar-refractivity contribution >= 4 is 11.8 Å². The number of rotatable bonds is 4. The molecule has 23 heavy (non-hydrogen) atoms. The molecule has 1 aliphatic carbocycles. The maximum Gasteiger partial charge on any atom is 0.252 e. The number of allylic oxidation sites excluding steroid dienone is 1. The van der Waals surface area contributed by atoms with Crippen LogP contribution in [0.15, 0.2) is 42.7 Å². The van der Waals surface area contributed by atoms with Crippen LogP contribution in [0.3, 0.4) is 0 Å². The lowest BCUT2D eigenvalue weighted by atomic mass is 9.88. The van der Waals surface area contributed by atoms with Gasteiger partial charge in [-0.3, -0.25) is 14.7 Å². The molecule has 0 saturated carbocycles. The van der Waals surface area contributed by atoms with Crippen molar-refractivity contribution < 1.29 is 9.59 Å². The molecule has 118 valence electrons. The van der Waals surface area contributed by atoms with Crippen LogP contribution in [0.25, 0.3) is 11.4 Å². The van der Waals surface area contributed by atoms with Crippen LogP contribution in [0.2, 0.25) is 0 Å². The molecule has 3 rings (SSSR count). The molecular weight excluding hydrogens is 294 g/mol. The summed E-state index contributed by atoms with van der Waals surface area (Å²) in [6, 6.07) is 6.81. The Kier molecular flexibility index (Phi) is 4.18. The highest BCUT2D eigenvalue weighted by atomic mass is 16.2. The predicted octanol–water partition coefficient (Wildman–Crippen LogP) is 1.02. The summed E-state index contributed by atoms with van der Waals surface area (Å²) in [6.07, 6.45) is 6.39. The number of hydrogen-bond donors (Lipinski definition) is 3. The molecule has 1 heterocycles. The van der Waals surface area contributed by atoms with E-state index >= 15 is 0 Å². The van der Waals surface area contributed by atoms with Gasteiger partial charge in [0.15, 0.2) is 5.82 Å². The Morgan fingerprint density at radius 3 is 2.74 bits per heavy atom. The first-order valence-corrected chi connectivity index (χ1v) is 7.36. The van der Waals surface area contributed by atoms with Crippen LogP contribution < -0.4 is 11.1 Å². The molecule has 1 aliphatic rings. The lowest BCUT2D eigenvalue weighted by molar-refractivity contribution is -0.122. The average molecular weight is 311 g/mol. The number of hydrogen-bond acceptors (Lipinski definition) is 4. The summed E-state index contributed by atoms with van der Waals surface area (Å²) < 4.78 is 0. The topological polar surface area (TPSA) is 114 Å². The van der Waals surface area contributed by atoms with E-state index in [0.717, 1.165) is 0 Å². The van der Waals surface area contributed by atoms with Crippen molar-refractivity contribution in [2.45, 2.75) is 18.9 Å². The quantitative estimate of drug-likeness (QED) is 0.731. The van der Waals surface area contributed by atoms with Gasteiger partial charge in [0.05, 0.1) is 11.5 Å². The molecule has 0 radical (unpaired) electrons. The van der Waals surface area contributed by atoms with Crippen molar-refractivity contribution in [2.24, 2.45) is 11.7 Å². The molecule has 4 N–H and O–H groups in total. The summed E-state index contributed by atoms with van der Waals surface area (Å²) in [4.78, 5) is 28.3. The fraction of sp³-hybridized carbons (Fsp3) is 0.250. The molecule has 7 heteroatoms. The van der Waals surface area contributed by atoms with Crippen molar-refractivity contribution in [3.63, 3.8) is 0 Å². The molecule has 2 atom stereocenters. The third-order valence-electron chi connectivity index (χ3n) is 3.96. The normalized spacial score (nSPS) is 20.2. The number of carbonyl (C=O) groups excluding carboxylic acids is 2. The number of nitrogens with zero attached hydrogens (tertiary/aromatic N) is 2. The van der Waals surface area contributed by atoms with Crippen molar-refractivity contribution in [3.05, 3.63) is 48.3 Å². The van der Waals surface area contributed by atoms with Crippen LogP contribution >= 0.6 is 0 Å². The zero-order valence-corrected chi connectivity index (χ0v) is 12.4. The number of nitrogens with two attached hydrogens (primary N) is 1. The molecule has 2 amide bonds. The average Bonchev–Trinajstić information content (AvgIpc) is 3.09. The van der Waals surface area contributed by atoms with Crippen LogP contribution in [0.5, 0.6) is 0 Å². The minimum atomic E-state index is -0.400. The first-order valence-electron chi connectivity index (χ1n) is 7.36. The minimum Gasteiger partial charge on any atom is -0.369 e. The standard InChI is InChI=1S/C16H17N5O2/c17-14(22)12-7-3-4-8-13(12)20-16(23)11-6-2-1-5-10(11)15-18-9-19-21-15/h1-6,9,12-13H,7-8H2,(H2,17,22)(H,20,23)(H,18,19,21)/t12-,13-/m1/s1. The van der Waals surface area contributed by atoms with E-state index in [1.807, 2.05) is 18.2 Å². The number of primary amides is 1. The molecule has 0 bridgehead atoms. The van der Waals surface area contributed by atoms with E-state index in [-0.39, 0.29) is 17.9 Å². The van der Waals surface area contributed by atoms with Gasteiger partial charge in [0.2, 0.25) is 5.91 Å². The highest BCUT2D eigenvalue weighted by Gasteiger charge is 2.29. The van der Waals surface area contributed by atoms with Crippen molar-refractivity contribution in [1.82, 2.24) is 20.5 Å². The summed E-state index contributed by atoms with van der Waals surface area (Å²) >= 11 is 0. The zero-order valence-electron chi connectivity index (χ0n) is 12.4. The van der Waals surface area contributed by atoms with E-state index in [4.69, 9.17) is 5.73 Å². The van der Waals surface area contributed by atoms with E-state index < -0.39 is 5.91 Å². The summed E-state index contributed by atoms with van der Waals surface area (Å²) in [5.41, 5.74) is 6.56. The third kappa shape index (κ3) is 3.13. The van der Waals surface area contributed by atoms with Gasteiger partial charge in [-0.15, -0.1) is 0 Å². The van der Waals surface area contributed by atoms with Crippen LogP contribution in [-0.2, 0) is 4.79 Å². The van der Waals surface area contributed by atoms with Gasteiger partial charge in [-0.25, -0.2) is 4.98 Å². The lowest BCUT2D eigenvalue weighted by Crippen LogP contribution is -2.46. The number of aromatic nitrogens is 3. The van der Waals surface area contributed by atoms with Gasteiger partial charge < -0.3 is 11.1 Å². The fourth-order valence-electron chi connectivity index (χ4n) is 2.76. The molecule has 7 nitrogen and oxygen atoms in total. The summed E-state index contributed by atoms with van der Waals surface area (Å²) in [7, 11) is 0. The zero-order chi connectivity index (χ0) is 16.2. The van der Waals surface area contributed by atoms with Crippen LogP contribution in [0.1, 0.15) is 23.2 Å². The van der Waals surface area contributed by atoms with Gasteiger partial charge in [-0.2, -0.15) is 5.10 Å². The van der Waals surface area contributed by atoms with Gasteiger partial charge in [-0.05, 0) is 18.9 Å². The highest BCUT2D eigenvalue weighted by Crippen LogP contribution is 2.22. The fourth-order valence-corrected chi connectivity index (χ4v) is 2.76. The molecule has 0 saturated heterocycles. The smallest absolute Gasteiger partial charge is 0.252 e. The van der Waals surface area contributed by atoms with Gasteiger partial charge in [0.1, 0.15) is 6.33 Å². The van der Waals surface area contributed by atoms with Gasteiger partial charge in [-0.1, -0.05) is 30.4 Å². The van der Waals surface area contributed by atoms with Gasteiger partial charge in [0.25, 0.3) is 5.91 Å². The molecule has 0 unspecified atom stereocenters. The van der Waals surface area contributed by atoms with E-state index in [1.54, 1.807) is 18.2 Å². The van der Waals surface area contributed by atoms with Gasteiger partial charge >= 0.3 is 0 Å². The monoisotopic (exact) mass is 311 g/mol. The predicted molar refractivity (Wildman–Crippen MR) is 84.1 cm³/mol. The maximum atomic E-state index is 12.6. The second-order valence-electron chi connectivity index (χ2n) is 5.41. The molecule has 1 aromatic heterocycles.